The normalized spacial score (nSPS) is 9.69. The molecular weight excluding hydrogens is 313 g/mol. The average Bonchev–Trinajstić information content (AvgIpc) is 2.17. The van der Waals surface area contributed by atoms with Crippen LogP contribution in [0.2, 0.25) is 0 Å². The van der Waals surface area contributed by atoms with Crippen LogP contribution >= 0.6 is 0 Å². The van der Waals surface area contributed by atoms with E-state index < -0.39 is 0 Å². The summed E-state index contributed by atoms with van der Waals surface area (Å²) in [6.45, 7) is 13.7. The predicted octanol–water partition coefficient (Wildman–Crippen LogP) is 1.80. The summed E-state index contributed by atoms with van der Waals surface area (Å²) in [5.74, 6) is 0. The molecule has 0 unspecified atom stereocenters. The van der Waals surface area contributed by atoms with Crippen LogP contribution in [0.5, 0.6) is 0 Å². The van der Waals surface area contributed by atoms with Gasteiger partial charge in [0.2, 0.25) is 0 Å². The molecule has 0 aliphatic carbocycles. The van der Waals surface area contributed by atoms with E-state index in [0.29, 0.717) is 0 Å². The Balaban J connectivity index is 0. The summed E-state index contributed by atoms with van der Waals surface area (Å²) < 4.78 is 0. The summed E-state index contributed by atoms with van der Waals surface area (Å²) in [5, 5.41) is 0. The van der Waals surface area contributed by atoms with Crippen molar-refractivity contribution in [2.75, 3.05) is 0 Å². The minimum atomic E-state index is 0. The molecule has 0 fully saturated rings. The van der Waals surface area contributed by atoms with Crippen LogP contribution in [-0.2, 0) is 0 Å². The fourth-order valence-electron chi connectivity index (χ4n) is 0.915. The van der Waals surface area contributed by atoms with Gasteiger partial charge in [-0.15, -0.1) is 17.7 Å². The van der Waals surface area contributed by atoms with Gasteiger partial charge < -0.3 is 0 Å². The van der Waals surface area contributed by atoms with Crippen LogP contribution in [0.3, 0.4) is 0 Å². The Kier molecular flexibility index (Phi) is 13.0. The second-order valence-electron chi connectivity index (χ2n) is 3.94. The number of hydrogen-bond donors (Lipinski definition) is 0. The van der Waals surface area contributed by atoms with Crippen molar-refractivity contribution in [1.82, 2.24) is 0 Å². The van der Waals surface area contributed by atoms with Gasteiger partial charge in [0.1, 0.15) is 0 Å². The van der Waals surface area contributed by atoms with E-state index in [2.05, 4.69) is 51.6 Å². The van der Waals surface area contributed by atoms with E-state index >= 15 is 0 Å². The van der Waals surface area contributed by atoms with Gasteiger partial charge in [-0.1, -0.05) is 25.5 Å². The molecule has 0 radical (unpaired) electrons. The first-order chi connectivity index (χ1) is 6.97. The Morgan fingerprint density at radius 2 is 1.75 bits per heavy atom. The van der Waals surface area contributed by atoms with Crippen LogP contribution in [0.25, 0.3) is 5.57 Å². The minimum absolute atomic E-state index is 0. The van der Waals surface area contributed by atoms with Gasteiger partial charge in [-0.3, -0.25) is 0 Å². The predicted molar refractivity (Wildman–Crippen MR) is 69.8 cm³/mol. The van der Waals surface area contributed by atoms with Gasteiger partial charge >= 0.3 is 68.9 Å². The summed E-state index contributed by atoms with van der Waals surface area (Å²) >= 11 is 0. The van der Waals surface area contributed by atoms with Gasteiger partial charge in [0.15, 0.2) is 0 Å². The Labute approximate surface area is 160 Å². The zero-order valence-corrected chi connectivity index (χ0v) is 17.8. The van der Waals surface area contributed by atoms with Gasteiger partial charge in [0.05, 0.1) is 0 Å². The topological polar surface area (TPSA) is 0 Å². The fraction of sp³-hybridized carbons (Fsp3) is 0.333. The molecule has 0 spiro atoms. The first-order valence-electron chi connectivity index (χ1n) is 5.21. The molecule has 0 nitrogen and oxygen atoms in total. The molecule has 1 rings (SSSR count). The molecule has 0 atom stereocenters. The zero-order chi connectivity index (χ0) is 11.8. The standard InChI is InChI=1S/C11H13.C4H8.Cs/c1-4-10(3)11-7-5-9(2)6-8-11;1-4(2)3;/h4-5,7-8H,1-3H3;1H2,2-3H3;/q-1;;+1/b10-4+;;. The molecule has 16 heavy (non-hydrogen) atoms. The summed E-state index contributed by atoms with van der Waals surface area (Å²) in [6, 6.07) is 9.42. The molecule has 0 N–H and O–H groups in total. The number of hydrogen-bond acceptors (Lipinski definition) is 0. The molecule has 0 amide bonds. The quantitative estimate of drug-likeness (QED) is 0.543. The zero-order valence-electron chi connectivity index (χ0n) is 11.5. The van der Waals surface area contributed by atoms with E-state index in [-0.39, 0.29) is 68.9 Å². The van der Waals surface area contributed by atoms with E-state index in [9.17, 15) is 0 Å². The number of benzene rings is 1. The van der Waals surface area contributed by atoms with Crippen molar-refractivity contribution < 1.29 is 68.9 Å². The van der Waals surface area contributed by atoms with Crippen LogP contribution in [-0.4, -0.2) is 0 Å². The van der Waals surface area contributed by atoms with Crippen LogP contribution < -0.4 is 68.9 Å². The van der Waals surface area contributed by atoms with Gasteiger partial charge in [-0.25, -0.2) is 0 Å². The summed E-state index contributed by atoms with van der Waals surface area (Å²) in [7, 11) is 0. The summed E-state index contributed by atoms with van der Waals surface area (Å²) in [4.78, 5) is 0. The first-order valence-corrected chi connectivity index (χ1v) is 5.21. The monoisotopic (exact) mass is 334 g/mol. The molecule has 82 valence electrons. The molecule has 1 heteroatoms. The molecule has 0 bridgehead atoms. The average molecular weight is 334 g/mol. The SMILES string of the molecule is C/C=C(\C)c1c[c-]c(C)cc1.C=C(C)C.[Cs+]. The van der Waals surface area contributed by atoms with Crippen molar-refractivity contribution in [3.63, 3.8) is 0 Å². The van der Waals surface area contributed by atoms with E-state index in [4.69, 9.17) is 0 Å². The van der Waals surface area contributed by atoms with Crippen molar-refractivity contribution >= 4 is 5.57 Å². The maximum atomic E-state index is 3.56. The van der Waals surface area contributed by atoms with Crippen molar-refractivity contribution in [2.45, 2.75) is 34.6 Å². The van der Waals surface area contributed by atoms with Crippen molar-refractivity contribution in [3.8, 4) is 0 Å². The van der Waals surface area contributed by atoms with E-state index in [1.54, 1.807) is 0 Å². The van der Waals surface area contributed by atoms with Gasteiger partial charge in [-0.05, 0) is 20.8 Å². The first kappa shape index (κ1) is 19.1. The van der Waals surface area contributed by atoms with E-state index in [1.165, 1.54) is 22.3 Å². The molecule has 0 aliphatic heterocycles. The molecule has 0 saturated carbocycles. The molecule has 1 aromatic carbocycles. The molecule has 1 aromatic rings. The Hall–Kier alpha value is 0.752. The van der Waals surface area contributed by atoms with Gasteiger partial charge in [0, 0.05) is 0 Å². The molecular formula is C15H21Cs. The Morgan fingerprint density at radius 1 is 1.25 bits per heavy atom. The molecule has 0 aromatic heterocycles. The van der Waals surface area contributed by atoms with Crippen LogP contribution in [0.15, 0.2) is 36.4 Å². The largest absolute Gasteiger partial charge is 1.00 e. The van der Waals surface area contributed by atoms with Crippen molar-refractivity contribution in [3.05, 3.63) is 53.6 Å². The van der Waals surface area contributed by atoms with E-state index in [1.807, 2.05) is 19.9 Å². The molecule has 0 aliphatic rings. The summed E-state index contributed by atoms with van der Waals surface area (Å²) in [5.41, 5.74) is 4.93. The number of allylic oxidation sites excluding steroid dienone is 3. The fourth-order valence-corrected chi connectivity index (χ4v) is 0.915. The van der Waals surface area contributed by atoms with Crippen molar-refractivity contribution in [2.24, 2.45) is 0 Å². The third kappa shape index (κ3) is 9.94. The van der Waals surface area contributed by atoms with E-state index in [0.717, 1.165) is 0 Å². The minimum Gasteiger partial charge on any atom is -0.180 e. The van der Waals surface area contributed by atoms with Crippen molar-refractivity contribution in [1.29, 1.82) is 0 Å². The third-order valence-electron chi connectivity index (χ3n) is 1.86. The smallest absolute Gasteiger partial charge is 0.180 e. The summed E-state index contributed by atoms with van der Waals surface area (Å²) in [6.07, 6.45) is 2.11. The maximum absolute atomic E-state index is 3.56. The maximum Gasteiger partial charge on any atom is 1.00 e. The number of aryl methyl sites for hydroxylation is 1. The van der Waals surface area contributed by atoms with Gasteiger partial charge in [-0.2, -0.15) is 29.8 Å². The third-order valence-corrected chi connectivity index (χ3v) is 1.86. The Morgan fingerprint density at radius 3 is 2.06 bits per heavy atom. The Bertz CT molecular complexity index is 327. The molecule has 0 saturated heterocycles. The second-order valence-corrected chi connectivity index (χ2v) is 3.94. The number of rotatable bonds is 1. The molecule has 0 heterocycles. The van der Waals surface area contributed by atoms with Crippen LogP contribution in [0.4, 0.5) is 0 Å². The van der Waals surface area contributed by atoms with Crippen LogP contribution in [0.1, 0.15) is 38.8 Å². The van der Waals surface area contributed by atoms with Gasteiger partial charge in [0.25, 0.3) is 0 Å². The second kappa shape index (κ2) is 10.9. The van der Waals surface area contributed by atoms with Crippen LogP contribution in [0, 0.1) is 13.0 Å².